The van der Waals surface area contributed by atoms with Gasteiger partial charge in [0.2, 0.25) is 5.91 Å². The third kappa shape index (κ3) is 4.74. The quantitative estimate of drug-likeness (QED) is 0.607. The van der Waals surface area contributed by atoms with E-state index in [1.54, 1.807) is 12.3 Å². The third-order valence-electron chi connectivity index (χ3n) is 3.04. The summed E-state index contributed by atoms with van der Waals surface area (Å²) in [5, 5.41) is 12.9. The molecule has 6 nitrogen and oxygen atoms in total. The highest BCUT2D eigenvalue weighted by molar-refractivity contribution is 7.15. The standard InChI is InChI=1S/C17H14FNO5S/c1-2-24-17(23)15-12(10-3-5-11(18)6-4-10)9-25-16(15)19-13(20)7-8-14(21)22/h3-9H,2H2,1H3,(H,19,20)(H,21,22)/b8-7+. The molecule has 1 aromatic carbocycles. The first-order chi connectivity index (χ1) is 11.9. The molecule has 0 radical (unpaired) electrons. The van der Waals surface area contributed by atoms with E-state index in [2.05, 4.69) is 5.32 Å². The molecular weight excluding hydrogens is 349 g/mol. The Bertz CT molecular complexity index is 826. The molecule has 1 aromatic heterocycles. The molecule has 8 heteroatoms. The summed E-state index contributed by atoms with van der Waals surface area (Å²) in [5.41, 5.74) is 1.21. The summed E-state index contributed by atoms with van der Waals surface area (Å²) in [6.45, 7) is 1.79. The Morgan fingerprint density at radius 3 is 2.52 bits per heavy atom. The number of carbonyl (C=O) groups is 3. The molecule has 0 aliphatic carbocycles. The van der Waals surface area contributed by atoms with Gasteiger partial charge in [0.05, 0.1) is 6.61 Å². The van der Waals surface area contributed by atoms with Gasteiger partial charge in [-0.05, 0) is 24.6 Å². The highest BCUT2D eigenvalue weighted by Gasteiger charge is 2.22. The minimum atomic E-state index is -1.26. The van der Waals surface area contributed by atoms with Gasteiger partial charge in [-0.1, -0.05) is 12.1 Å². The van der Waals surface area contributed by atoms with Crippen molar-refractivity contribution in [3.8, 4) is 11.1 Å². The Morgan fingerprint density at radius 2 is 1.92 bits per heavy atom. The summed E-state index contributed by atoms with van der Waals surface area (Å²) in [7, 11) is 0. The molecular formula is C17H14FNO5S. The monoisotopic (exact) mass is 363 g/mol. The number of carbonyl (C=O) groups excluding carboxylic acids is 2. The van der Waals surface area contributed by atoms with E-state index < -0.39 is 23.7 Å². The van der Waals surface area contributed by atoms with Crippen molar-refractivity contribution >= 4 is 34.2 Å². The molecule has 0 unspecified atom stereocenters. The van der Waals surface area contributed by atoms with Gasteiger partial charge in [-0.15, -0.1) is 11.3 Å². The van der Waals surface area contributed by atoms with Gasteiger partial charge in [-0.3, -0.25) is 4.79 Å². The van der Waals surface area contributed by atoms with Crippen molar-refractivity contribution in [1.82, 2.24) is 0 Å². The van der Waals surface area contributed by atoms with E-state index in [1.807, 2.05) is 0 Å². The number of aliphatic carboxylic acids is 1. The van der Waals surface area contributed by atoms with E-state index in [4.69, 9.17) is 9.84 Å². The summed E-state index contributed by atoms with van der Waals surface area (Å²) >= 11 is 1.08. The van der Waals surface area contributed by atoms with E-state index in [-0.39, 0.29) is 17.2 Å². The second kappa shape index (κ2) is 8.20. The van der Waals surface area contributed by atoms with Crippen LogP contribution in [0, 0.1) is 5.82 Å². The number of carboxylic acids is 1. The molecule has 2 rings (SSSR count). The predicted octanol–water partition coefficient (Wildman–Crippen LogP) is 3.31. The topological polar surface area (TPSA) is 92.7 Å². The highest BCUT2D eigenvalue weighted by Crippen LogP contribution is 2.36. The third-order valence-corrected chi connectivity index (χ3v) is 3.94. The number of amides is 1. The van der Waals surface area contributed by atoms with Crippen LogP contribution in [0.1, 0.15) is 17.3 Å². The zero-order valence-electron chi connectivity index (χ0n) is 13.1. The number of anilines is 1. The van der Waals surface area contributed by atoms with Crippen LogP contribution in [-0.2, 0) is 14.3 Å². The second-order valence-corrected chi connectivity index (χ2v) is 5.62. The van der Waals surface area contributed by atoms with Crippen molar-refractivity contribution in [1.29, 1.82) is 0 Å². The second-order valence-electron chi connectivity index (χ2n) is 4.74. The molecule has 2 N–H and O–H groups in total. The molecule has 1 amide bonds. The molecule has 0 spiro atoms. The lowest BCUT2D eigenvalue weighted by atomic mass is 10.0. The molecule has 0 bridgehead atoms. The summed E-state index contributed by atoms with van der Waals surface area (Å²) < 4.78 is 18.1. The first kappa shape index (κ1) is 18.3. The molecule has 1 heterocycles. The van der Waals surface area contributed by atoms with E-state index >= 15 is 0 Å². The number of hydrogen-bond acceptors (Lipinski definition) is 5. The van der Waals surface area contributed by atoms with Gasteiger partial charge in [-0.25, -0.2) is 14.0 Å². The molecule has 0 atom stereocenters. The number of halogens is 1. The Hall–Kier alpha value is -3.00. The first-order valence-electron chi connectivity index (χ1n) is 7.19. The molecule has 0 aliphatic heterocycles. The number of rotatable bonds is 6. The maximum Gasteiger partial charge on any atom is 0.341 e. The van der Waals surface area contributed by atoms with Crippen molar-refractivity contribution in [3.63, 3.8) is 0 Å². The number of benzene rings is 1. The van der Waals surface area contributed by atoms with Crippen molar-refractivity contribution in [3.05, 3.63) is 53.2 Å². The Kier molecular flexibility index (Phi) is 6.02. The fourth-order valence-electron chi connectivity index (χ4n) is 2.00. The largest absolute Gasteiger partial charge is 0.478 e. The highest BCUT2D eigenvalue weighted by atomic mass is 32.1. The zero-order valence-corrected chi connectivity index (χ0v) is 13.9. The smallest absolute Gasteiger partial charge is 0.341 e. The number of hydrogen-bond donors (Lipinski definition) is 2. The molecule has 0 fully saturated rings. The van der Waals surface area contributed by atoms with Gasteiger partial charge in [0.1, 0.15) is 16.4 Å². The summed E-state index contributed by atoms with van der Waals surface area (Å²) in [6, 6.07) is 5.54. The maximum atomic E-state index is 13.1. The number of esters is 1. The number of thiophene rings is 1. The van der Waals surface area contributed by atoms with E-state index in [1.165, 1.54) is 24.3 Å². The predicted molar refractivity (Wildman–Crippen MR) is 91.1 cm³/mol. The van der Waals surface area contributed by atoms with Gasteiger partial charge in [0.25, 0.3) is 0 Å². The van der Waals surface area contributed by atoms with Crippen LogP contribution in [0.25, 0.3) is 11.1 Å². The van der Waals surface area contributed by atoms with Crippen molar-refractivity contribution in [2.45, 2.75) is 6.92 Å². The zero-order chi connectivity index (χ0) is 18.4. The average Bonchev–Trinajstić information content (AvgIpc) is 2.97. The normalized spacial score (nSPS) is 10.6. The summed E-state index contributed by atoms with van der Waals surface area (Å²) in [6.07, 6.45) is 1.53. The fraction of sp³-hybridized carbons (Fsp3) is 0.118. The minimum Gasteiger partial charge on any atom is -0.478 e. The van der Waals surface area contributed by atoms with Gasteiger partial charge in [0, 0.05) is 23.1 Å². The van der Waals surface area contributed by atoms with E-state index in [0.717, 1.165) is 17.4 Å². The van der Waals surface area contributed by atoms with Crippen molar-refractivity contribution in [2.24, 2.45) is 0 Å². The Morgan fingerprint density at radius 1 is 1.24 bits per heavy atom. The van der Waals surface area contributed by atoms with Crippen LogP contribution in [0.3, 0.4) is 0 Å². The lowest BCUT2D eigenvalue weighted by Crippen LogP contribution is -2.13. The first-order valence-corrected chi connectivity index (χ1v) is 8.07. The number of nitrogens with one attached hydrogen (secondary N) is 1. The fourth-order valence-corrected chi connectivity index (χ4v) is 2.96. The molecule has 25 heavy (non-hydrogen) atoms. The number of carboxylic acid groups (broad SMARTS) is 1. The summed E-state index contributed by atoms with van der Waals surface area (Å²) in [5.74, 6) is -3.01. The van der Waals surface area contributed by atoms with Gasteiger partial charge in [0.15, 0.2) is 0 Å². The minimum absolute atomic E-state index is 0.135. The van der Waals surface area contributed by atoms with Gasteiger partial charge < -0.3 is 15.2 Å². The Labute approximate surface area is 146 Å². The lowest BCUT2D eigenvalue weighted by Gasteiger charge is -2.08. The van der Waals surface area contributed by atoms with Gasteiger partial charge >= 0.3 is 11.9 Å². The van der Waals surface area contributed by atoms with Gasteiger partial charge in [-0.2, -0.15) is 0 Å². The molecule has 130 valence electrons. The lowest BCUT2D eigenvalue weighted by molar-refractivity contribution is -0.131. The molecule has 0 saturated carbocycles. The van der Waals surface area contributed by atoms with E-state index in [0.29, 0.717) is 17.2 Å². The van der Waals surface area contributed by atoms with Crippen LogP contribution in [0.5, 0.6) is 0 Å². The molecule has 0 aliphatic rings. The SMILES string of the molecule is CCOC(=O)c1c(-c2ccc(F)cc2)csc1NC(=O)/C=C/C(=O)O. The van der Waals surface area contributed by atoms with Crippen LogP contribution >= 0.6 is 11.3 Å². The van der Waals surface area contributed by atoms with Crippen LogP contribution in [0.15, 0.2) is 41.8 Å². The van der Waals surface area contributed by atoms with Crippen molar-refractivity contribution < 1.29 is 28.6 Å². The number of ether oxygens (including phenoxy) is 1. The van der Waals surface area contributed by atoms with Crippen LogP contribution < -0.4 is 5.32 Å². The Balaban J connectivity index is 2.40. The van der Waals surface area contributed by atoms with Crippen LogP contribution in [0.2, 0.25) is 0 Å². The van der Waals surface area contributed by atoms with E-state index in [9.17, 15) is 18.8 Å². The average molecular weight is 363 g/mol. The maximum absolute atomic E-state index is 13.1. The molecule has 0 saturated heterocycles. The molecule has 2 aromatic rings. The van der Waals surface area contributed by atoms with Crippen LogP contribution in [0.4, 0.5) is 9.39 Å². The summed E-state index contributed by atoms with van der Waals surface area (Å²) in [4.78, 5) is 34.5. The van der Waals surface area contributed by atoms with Crippen LogP contribution in [-0.4, -0.2) is 29.6 Å². The van der Waals surface area contributed by atoms with Crippen molar-refractivity contribution in [2.75, 3.05) is 11.9 Å².